The molecule has 0 atom stereocenters. The lowest BCUT2D eigenvalue weighted by atomic mass is 10.1. The van der Waals surface area contributed by atoms with Gasteiger partial charge < -0.3 is 0 Å². The first kappa shape index (κ1) is 12.1. The zero-order valence-electron chi connectivity index (χ0n) is 8.84. The van der Waals surface area contributed by atoms with Crippen LogP contribution in [0, 0.1) is 6.92 Å². The molecule has 0 aliphatic carbocycles. The van der Waals surface area contributed by atoms with E-state index in [1.165, 1.54) is 11.1 Å². The van der Waals surface area contributed by atoms with Crippen LogP contribution in [-0.4, -0.2) is 10.9 Å². The molecule has 0 N–H and O–H groups in total. The lowest BCUT2D eigenvalue weighted by molar-refractivity contribution is 1.10. The van der Waals surface area contributed by atoms with Gasteiger partial charge >= 0.3 is 0 Å². The van der Waals surface area contributed by atoms with Crippen LogP contribution in [0.25, 0.3) is 11.3 Å². The van der Waals surface area contributed by atoms with Gasteiger partial charge in [-0.3, -0.25) is 0 Å². The third kappa shape index (κ3) is 2.65. The van der Waals surface area contributed by atoms with Crippen molar-refractivity contribution in [1.82, 2.24) is 4.98 Å². The van der Waals surface area contributed by atoms with Crippen molar-refractivity contribution >= 4 is 38.9 Å². The van der Waals surface area contributed by atoms with Crippen molar-refractivity contribution in [3.63, 3.8) is 0 Å². The van der Waals surface area contributed by atoms with E-state index in [0.717, 1.165) is 21.6 Å². The summed E-state index contributed by atoms with van der Waals surface area (Å²) in [7, 11) is 0. The van der Waals surface area contributed by atoms with Crippen molar-refractivity contribution < 1.29 is 0 Å². The molecule has 2 rings (SSSR count). The summed E-state index contributed by atoms with van der Waals surface area (Å²) in [5.74, 6) is 0.629. The minimum absolute atomic E-state index is 0.629. The highest BCUT2D eigenvalue weighted by Crippen LogP contribution is 2.28. The summed E-state index contributed by atoms with van der Waals surface area (Å²) < 4.78 is 1.08. The minimum Gasteiger partial charge on any atom is -0.241 e. The van der Waals surface area contributed by atoms with Crippen LogP contribution in [0.3, 0.4) is 0 Å². The van der Waals surface area contributed by atoms with Gasteiger partial charge in [0.1, 0.15) is 0 Å². The Kier molecular flexibility index (Phi) is 4.00. The summed E-state index contributed by atoms with van der Waals surface area (Å²) in [6.45, 7) is 2.10. The third-order valence-electron chi connectivity index (χ3n) is 2.34. The monoisotopic (exact) mass is 315 g/mol. The predicted octanol–water partition coefficient (Wildman–Crippen LogP) is 4.66. The van der Waals surface area contributed by atoms with Crippen molar-refractivity contribution in [2.24, 2.45) is 0 Å². The number of aromatic nitrogens is 1. The molecule has 0 saturated carbocycles. The lowest BCUT2D eigenvalue weighted by Gasteiger charge is -2.02. The molecule has 0 saturated heterocycles. The molecule has 0 fully saturated rings. The fourth-order valence-electron chi connectivity index (χ4n) is 1.50. The number of rotatable bonds is 3. The summed E-state index contributed by atoms with van der Waals surface area (Å²) in [5, 5.41) is 3.20. The molecule has 0 aliphatic rings. The molecule has 1 aromatic carbocycles. The Morgan fingerprint density at radius 2 is 2.25 bits per heavy atom. The van der Waals surface area contributed by atoms with Crippen molar-refractivity contribution in [3.05, 3.63) is 38.6 Å². The summed E-state index contributed by atoms with van der Waals surface area (Å²) in [5.41, 5.74) is 3.47. The molecular formula is C12H11BrClNS. The summed E-state index contributed by atoms with van der Waals surface area (Å²) in [4.78, 5) is 4.59. The molecular weight excluding hydrogens is 306 g/mol. The Bertz CT molecular complexity index is 496. The number of aryl methyl sites for hydroxylation is 2. The van der Waals surface area contributed by atoms with Crippen LogP contribution in [-0.2, 0) is 6.42 Å². The fraction of sp³-hybridized carbons (Fsp3) is 0.250. The van der Waals surface area contributed by atoms with Crippen LogP contribution in [0.15, 0.2) is 28.1 Å². The van der Waals surface area contributed by atoms with E-state index in [0.29, 0.717) is 5.88 Å². The molecule has 0 spiro atoms. The van der Waals surface area contributed by atoms with Gasteiger partial charge in [0.15, 0.2) is 0 Å². The van der Waals surface area contributed by atoms with Gasteiger partial charge in [-0.2, -0.15) is 0 Å². The van der Waals surface area contributed by atoms with Crippen molar-refractivity contribution in [3.8, 4) is 11.3 Å². The lowest BCUT2D eigenvalue weighted by Crippen LogP contribution is -1.87. The van der Waals surface area contributed by atoms with E-state index < -0.39 is 0 Å². The standard InChI is InChI=1S/C12H11BrClNS/c1-8-2-3-9(13)6-10(8)11-7-16-12(15-11)4-5-14/h2-3,6-7H,4-5H2,1H3. The average molecular weight is 317 g/mol. The topological polar surface area (TPSA) is 12.9 Å². The molecule has 0 bridgehead atoms. The summed E-state index contributed by atoms with van der Waals surface area (Å²) in [6, 6.07) is 6.25. The van der Waals surface area contributed by atoms with E-state index in [1.807, 2.05) is 6.07 Å². The number of nitrogens with zero attached hydrogens (tertiary/aromatic N) is 1. The van der Waals surface area contributed by atoms with E-state index >= 15 is 0 Å². The SMILES string of the molecule is Cc1ccc(Br)cc1-c1csc(CCCl)n1. The highest BCUT2D eigenvalue weighted by molar-refractivity contribution is 9.10. The molecule has 0 unspecified atom stereocenters. The van der Waals surface area contributed by atoms with Crippen molar-refractivity contribution in [1.29, 1.82) is 0 Å². The van der Waals surface area contributed by atoms with Crippen LogP contribution in [0.4, 0.5) is 0 Å². The molecule has 4 heteroatoms. The second-order valence-electron chi connectivity index (χ2n) is 3.52. The number of halogens is 2. The van der Waals surface area contributed by atoms with Crippen LogP contribution in [0.5, 0.6) is 0 Å². The van der Waals surface area contributed by atoms with Gasteiger partial charge in [-0.25, -0.2) is 4.98 Å². The van der Waals surface area contributed by atoms with Crippen molar-refractivity contribution in [2.75, 3.05) is 5.88 Å². The number of thiazole rings is 1. The average Bonchev–Trinajstić information content (AvgIpc) is 2.71. The number of hydrogen-bond acceptors (Lipinski definition) is 2. The normalized spacial score (nSPS) is 10.7. The quantitative estimate of drug-likeness (QED) is 0.750. The second-order valence-corrected chi connectivity index (χ2v) is 5.76. The molecule has 0 aliphatic heterocycles. The molecule has 16 heavy (non-hydrogen) atoms. The predicted molar refractivity (Wildman–Crippen MR) is 74.4 cm³/mol. The van der Waals surface area contributed by atoms with Gasteiger partial charge in [0.2, 0.25) is 0 Å². The van der Waals surface area contributed by atoms with Gasteiger partial charge in [0.05, 0.1) is 10.7 Å². The molecule has 1 nitrogen and oxygen atoms in total. The number of alkyl halides is 1. The largest absolute Gasteiger partial charge is 0.241 e. The van der Waals surface area contributed by atoms with Crippen LogP contribution in [0.1, 0.15) is 10.6 Å². The molecule has 2 aromatic rings. The number of hydrogen-bond donors (Lipinski definition) is 0. The highest BCUT2D eigenvalue weighted by Gasteiger charge is 2.07. The van der Waals surface area contributed by atoms with Gasteiger partial charge in [-0.1, -0.05) is 22.0 Å². The first-order chi connectivity index (χ1) is 7.70. The maximum absolute atomic E-state index is 5.71. The van der Waals surface area contributed by atoms with E-state index in [-0.39, 0.29) is 0 Å². The van der Waals surface area contributed by atoms with E-state index in [4.69, 9.17) is 11.6 Å². The summed E-state index contributed by atoms with van der Waals surface area (Å²) in [6.07, 6.45) is 0.847. The Balaban J connectivity index is 2.38. The van der Waals surface area contributed by atoms with Crippen LogP contribution >= 0.6 is 38.9 Å². The molecule has 0 amide bonds. The third-order valence-corrected chi connectivity index (χ3v) is 3.93. The molecule has 1 aromatic heterocycles. The fourth-order valence-corrected chi connectivity index (χ4v) is 2.95. The van der Waals surface area contributed by atoms with Gasteiger partial charge in [0.25, 0.3) is 0 Å². The number of benzene rings is 1. The first-order valence-corrected chi connectivity index (χ1v) is 7.18. The van der Waals surface area contributed by atoms with Gasteiger partial charge in [-0.05, 0) is 24.6 Å². The van der Waals surface area contributed by atoms with Gasteiger partial charge in [-0.15, -0.1) is 22.9 Å². The van der Waals surface area contributed by atoms with Crippen molar-refractivity contribution in [2.45, 2.75) is 13.3 Å². The van der Waals surface area contributed by atoms with Crippen LogP contribution < -0.4 is 0 Å². The maximum Gasteiger partial charge on any atom is 0.0944 e. The minimum atomic E-state index is 0.629. The van der Waals surface area contributed by atoms with Crippen LogP contribution in [0.2, 0.25) is 0 Å². The van der Waals surface area contributed by atoms with E-state index in [1.54, 1.807) is 11.3 Å². The Hall–Kier alpha value is -0.380. The van der Waals surface area contributed by atoms with Gasteiger partial charge in [0, 0.05) is 27.7 Å². The second kappa shape index (κ2) is 5.30. The zero-order chi connectivity index (χ0) is 11.5. The Morgan fingerprint density at radius 3 is 3.00 bits per heavy atom. The smallest absolute Gasteiger partial charge is 0.0944 e. The Labute approximate surface area is 113 Å². The summed E-state index contributed by atoms with van der Waals surface area (Å²) >= 11 is 10.9. The van der Waals surface area contributed by atoms with E-state index in [9.17, 15) is 0 Å². The molecule has 0 radical (unpaired) electrons. The first-order valence-electron chi connectivity index (χ1n) is 4.97. The zero-order valence-corrected chi connectivity index (χ0v) is 12.0. The highest BCUT2D eigenvalue weighted by atomic mass is 79.9. The Morgan fingerprint density at radius 1 is 1.44 bits per heavy atom. The molecule has 84 valence electrons. The molecule has 1 heterocycles. The van der Waals surface area contributed by atoms with E-state index in [2.05, 4.69) is 45.4 Å². The maximum atomic E-state index is 5.71.